The minimum atomic E-state index is 0.646. The van der Waals surface area contributed by atoms with Crippen LogP contribution in [-0.2, 0) is 19.4 Å². The first-order valence-electron chi connectivity index (χ1n) is 16.6. The molecular formula is C45H34N2. The minimum absolute atomic E-state index is 0.646. The fraction of sp³-hybridized carbons (Fsp3) is 0.0889. The van der Waals surface area contributed by atoms with E-state index in [-0.39, 0.29) is 0 Å². The maximum absolute atomic E-state index is 5.16. The van der Waals surface area contributed by atoms with Gasteiger partial charge in [-0.05, 0) is 76.4 Å². The third-order valence-corrected chi connectivity index (χ3v) is 9.76. The average molecular weight is 603 g/mol. The van der Waals surface area contributed by atoms with Crippen LogP contribution in [-0.4, -0.2) is 10.3 Å². The van der Waals surface area contributed by atoms with Crippen molar-refractivity contribution in [3.63, 3.8) is 0 Å². The molecule has 9 rings (SSSR count). The van der Waals surface area contributed by atoms with E-state index in [9.17, 15) is 0 Å². The number of rotatable bonds is 6. The molecule has 0 atom stereocenters. The van der Waals surface area contributed by atoms with Crippen molar-refractivity contribution in [1.82, 2.24) is 4.57 Å². The van der Waals surface area contributed by atoms with Gasteiger partial charge in [0.1, 0.15) is 0 Å². The second-order valence-corrected chi connectivity index (χ2v) is 12.6. The summed E-state index contributed by atoms with van der Waals surface area (Å²) in [5, 5.41) is 1.35. The molecule has 2 heteroatoms. The zero-order valence-electron chi connectivity index (χ0n) is 26.2. The van der Waals surface area contributed by atoms with Crippen molar-refractivity contribution in [2.45, 2.75) is 25.8 Å². The van der Waals surface area contributed by atoms with E-state index in [1.165, 1.54) is 66.8 Å². The van der Waals surface area contributed by atoms with Crippen molar-refractivity contribution in [3.05, 3.63) is 191 Å². The Labute approximate surface area is 276 Å². The fourth-order valence-electron chi connectivity index (χ4n) is 7.60. The van der Waals surface area contributed by atoms with Gasteiger partial charge in [0.25, 0.3) is 0 Å². The van der Waals surface area contributed by atoms with Gasteiger partial charge in [0.15, 0.2) is 0 Å². The summed E-state index contributed by atoms with van der Waals surface area (Å²) in [5.74, 6) is 0. The van der Waals surface area contributed by atoms with Gasteiger partial charge in [0, 0.05) is 33.5 Å². The zero-order chi connectivity index (χ0) is 31.2. The highest BCUT2D eigenvalue weighted by molar-refractivity contribution is 6.12. The highest BCUT2D eigenvalue weighted by Gasteiger charge is 2.24. The van der Waals surface area contributed by atoms with Gasteiger partial charge in [-0.3, -0.25) is 4.99 Å². The Bertz CT molecular complexity index is 2280. The number of fused-ring (bicyclic) bond motifs is 6. The van der Waals surface area contributed by atoms with Gasteiger partial charge in [-0.2, -0.15) is 0 Å². The average Bonchev–Trinajstić information content (AvgIpc) is 3.68. The summed E-state index contributed by atoms with van der Waals surface area (Å²) in [5.41, 5.74) is 17.9. The van der Waals surface area contributed by atoms with Crippen molar-refractivity contribution in [2.75, 3.05) is 0 Å². The number of benzene rings is 6. The summed E-state index contributed by atoms with van der Waals surface area (Å²) >= 11 is 0. The lowest BCUT2D eigenvalue weighted by Crippen LogP contribution is -2.04. The third kappa shape index (κ3) is 4.85. The summed E-state index contributed by atoms with van der Waals surface area (Å²) in [6.45, 7) is 0.646. The molecule has 224 valence electrons. The molecule has 6 aromatic carbocycles. The van der Waals surface area contributed by atoms with Gasteiger partial charge in [-0.1, -0.05) is 140 Å². The Balaban J connectivity index is 1.09. The Hall–Kier alpha value is -5.73. The van der Waals surface area contributed by atoms with Gasteiger partial charge < -0.3 is 4.57 Å². The lowest BCUT2D eigenvalue weighted by Gasteiger charge is -2.15. The van der Waals surface area contributed by atoms with Crippen LogP contribution in [0.15, 0.2) is 157 Å². The van der Waals surface area contributed by atoms with Crippen molar-refractivity contribution in [2.24, 2.45) is 4.99 Å². The second kappa shape index (κ2) is 11.6. The topological polar surface area (TPSA) is 17.3 Å². The van der Waals surface area contributed by atoms with Crippen LogP contribution in [0.25, 0.3) is 44.9 Å². The molecule has 1 aromatic heterocycles. The Morgan fingerprint density at radius 2 is 1.36 bits per heavy atom. The lowest BCUT2D eigenvalue weighted by molar-refractivity contribution is 0.888. The molecule has 2 aliphatic carbocycles. The summed E-state index contributed by atoms with van der Waals surface area (Å²) < 4.78 is 2.52. The van der Waals surface area contributed by atoms with E-state index in [0.29, 0.717) is 6.54 Å². The molecule has 0 bridgehead atoms. The van der Waals surface area contributed by atoms with E-state index in [2.05, 4.69) is 162 Å². The smallest absolute Gasteiger partial charge is 0.0723 e. The van der Waals surface area contributed by atoms with Crippen molar-refractivity contribution >= 4 is 22.7 Å². The number of aliphatic imine (C=N–C) groups is 1. The molecule has 47 heavy (non-hydrogen) atoms. The van der Waals surface area contributed by atoms with E-state index in [1.54, 1.807) is 0 Å². The fourth-order valence-corrected chi connectivity index (χ4v) is 7.60. The number of nitrogens with zero attached hydrogens (tertiary/aromatic N) is 2. The Kier molecular flexibility index (Phi) is 6.79. The molecule has 2 aliphatic rings. The molecule has 0 radical (unpaired) electrons. The van der Waals surface area contributed by atoms with E-state index >= 15 is 0 Å². The first kappa shape index (κ1) is 27.6. The maximum atomic E-state index is 5.16. The summed E-state index contributed by atoms with van der Waals surface area (Å²) in [6.07, 6.45) is 7.74. The molecule has 0 saturated heterocycles. The minimum Gasteiger partial charge on any atom is -0.313 e. The van der Waals surface area contributed by atoms with Crippen LogP contribution in [0.4, 0.5) is 0 Å². The van der Waals surface area contributed by atoms with Gasteiger partial charge in [0.2, 0.25) is 0 Å². The largest absolute Gasteiger partial charge is 0.313 e. The standard InChI is InChI=1S/C45H34N2/c1-4-13-32(14-5-1)39-20-12-22-43-44(39)40-19-10-11-21-42(40)47(43)37-25-24-35-28-36-27-31(23-26-38(36)41(35)29-37)30-46-45(33-15-6-2-7-16-33)34-17-8-3-9-18-34/h1-10,12-20,22-27,29H,11,21,28,30H2. The van der Waals surface area contributed by atoms with Gasteiger partial charge in [-0.25, -0.2) is 0 Å². The highest BCUT2D eigenvalue weighted by Crippen LogP contribution is 2.42. The van der Waals surface area contributed by atoms with Crippen LogP contribution in [0, 0.1) is 0 Å². The number of hydrogen-bond donors (Lipinski definition) is 0. The normalized spacial score (nSPS) is 12.9. The predicted molar refractivity (Wildman–Crippen MR) is 197 cm³/mol. The van der Waals surface area contributed by atoms with Crippen molar-refractivity contribution in [3.8, 4) is 27.9 Å². The molecule has 0 fully saturated rings. The Morgan fingerprint density at radius 3 is 2.13 bits per heavy atom. The lowest BCUT2D eigenvalue weighted by atomic mass is 9.95. The van der Waals surface area contributed by atoms with Gasteiger partial charge in [0.05, 0.1) is 17.8 Å². The summed E-state index contributed by atoms with van der Waals surface area (Å²) in [4.78, 5) is 5.16. The molecule has 0 N–H and O–H groups in total. The SMILES string of the molecule is C1=Cc2c(n(-c3ccc4c(c3)-c3ccc(CN=C(c5ccccc5)c5ccccc5)cc3C4)c3cccc(-c4ccccc4)c23)CC1. The summed E-state index contributed by atoms with van der Waals surface area (Å²) in [6, 6.07) is 52.7. The molecule has 0 unspecified atom stereocenters. The second-order valence-electron chi connectivity index (χ2n) is 12.6. The van der Waals surface area contributed by atoms with Crippen LogP contribution in [0.5, 0.6) is 0 Å². The molecule has 1 heterocycles. The maximum Gasteiger partial charge on any atom is 0.0723 e. The monoisotopic (exact) mass is 602 g/mol. The number of aromatic nitrogens is 1. The number of hydrogen-bond acceptors (Lipinski definition) is 1. The van der Waals surface area contributed by atoms with Crippen LogP contribution in [0.1, 0.15) is 45.5 Å². The van der Waals surface area contributed by atoms with Crippen LogP contribution >= 0.6 is 0 Å². The Morgan fingerprint density at radius 1 is 0.617 bits per heavy atom. The van der Waals surface area contributed by atoms with E-state index < -0.39 is 0 Å². The summed E-state index contributed by atoms with van der Waals surface area (Å²) in [7, 11) is 0. The molecule has 2 nitrogen and oxygen atoms in total. The van der Waals surface area contributed by atoms with Gasteiger partial charge in [-0.15, -0.1) is 0 Å². The first-order chi connectivity index (χ1) is 23.3. The molecule has 0 aliphatic heterocycles. The van der Waals surface area contributed by atoms with Crippen molar-refractivity contribution in [1.29, 1.82) is 0 Å². The third-order valence-electron chi connectivity index (χ3n) is 9.76. The van der Waals surface area contributed by atoms with E-state index in [0.717, 1.165) is 36.1 Å². The number of allylic oxidation sites excluding steroid dienone is 1. The molecular weight excluding hydrogens is 569 g/mol. The molecule has 0 amide bonds. The zero-order valence-corrected chi connectivity index (χ0v) is 26.2. The van der Waals surface area contributed by atoms with Gasteiger partial charge >= 0.3 is 0 Å². The molecule has 0 spiro atoms. The quantitative estimate of drug-likeness (QED) is 0.169. The van der Waals surface area contributed by atoms with E-state index in [1.807, 2.05) is 0 Å². The predicted octanol–water partition coefficient (Wildman–Crippen LogP) is 10.9. The highest BCUT2D eigenvalue weighted by atomic mass is 15.0. The van der Waals surface area contributed by atoms with Crippen molar-refractivity contribution < 1.29 is 0 Å². The molecule has 0 saturated carbocycles. The van der Waals surface area contributed by atoms with Crippen LogP contribution in [0.2, 0.25) is 0 Å². The molecule has 7 aromatic rings. The van der Waals surface area contributed by atoms with E-state index in [4.69, 9.17) is 4.99 Å². The first-order valence-corrected chi connectivity index (χ1v) is 16.6. The van der Waals surface area contributed by atoms with Crippen LogP contribution in [0.3, 0.4) is 0 Å². The van der Waals surface area contributed by atoms with Crippen LogP contribution < -0.4 is 0 Å².